The fourth-order valence-corrected chi connectivity index (χ4v) is 7.66. The third kappa shape index (κ3) is 21.5. The summed E-state index contributed by atoms with van der Waals surface area (Å²) in [7, 11) is 7.69. The zero-order valence-corrected chi connectivity index (χ0v) is 53.3. The number of benzene rings is 7. The second-order valence-electron chi connectivity index (χ2n) is 17.7. The average molecular weight is 1420 g/mol. The number of nitrogens with zero attached hydrogens (tertiary/aromatic N) is 2. The van der Waals surface area contributed by atoms with Gasteiger partial charge in [-0.15, -0.1) is 0 Å². The molecule has 0 amide bonds. The second kappa shape index (κ2) is 41.4. The first-order valence-electron chi connectivity index (χ1n) is 27.5. The number of esters is 2. The molecule has 0 atom stereocenters. The van der Waals surface area contributed by atoms with Crippen LogP contribution in [-0.2, 0) is 29.3 Å². The molecule has 19 nitrogen and oxygen atoms in total. The van der Waals surface area contributed by atoms with Crippen LogP contribution < -0.4 is 47.4 Å². The highest BCUT2D eigenvalue weighted by Gasteiger charge is 2.30. The Hall–Kier alpha value is -10.6. The van der Waals surface area contributed by atoms with E-state index in [2.05, 4.69) is 28.5 Å². The second-order valence-corrected chi connectivity index (χ2v) is 18.0. The number of halogens is 13. The fraction of sp³-hybridized carbons (Fsp3) is 0.288. The molecule has 32 heteroatoms. The van der Waals surface area contributed by atoms with Crippen LogP contribution in [0.2, 0.25) is 0 Å². The predicted molar refractivity (Wildman–Crippen MR) is 331 cm³/mol. The van der Waals surface area contributed by atoms with E-state index in [1.54, 1.807) is 0 Å². The van der Waals surface area contributed by atoms with Gasteiger partial charge in [0.25, 0.3) is 11.0 Å². The van der Waals surface area contributed by atoms with Gasteiger partial charge in [-0.2, -0.15) is 31.1 Å². The Morgan fingerprint density at radius 3 is 0.949 bits per heavy atom. The van der Waals surface area contributed by atoms with Gasteiger partial charge in [-0.3, -0.25) is 9.59 Å². The van der Waals surface area contributed by atoms with E-state index in [0.29, 0.717) is 11.8 Å². The van der Waals surface area contributed by atoms with Crippen LogP contribution in [-0.4, -0.2) is 102 Å². The molecule has 0 unspecified atom stereocenters. The lowest BCUT2D eigenvalue weighted by molar-refractivity contribution is 0.00233. The lowest BCUT2D eigenvalue weighted by Crippen LogP contribution is -2.11. The smallest absolute Gasteiger partial charge is 0.337 e. The number of methoxy groups -OCH3 is 6. The summed E-state index contributed by atoms with van der Waals surface area (Å²) in [5.74, 6) is -24.6. The van der Waals surface area contributed by atoms with E-state index in [9.17, 15) is 77.0 Å². The molecule has 1 N–H and O–H groups in total. The molecule has 0 spiro atoms. The van der Waals surface area contributed by atoms with Crippen LogP contribution in [0.1, 0.15) is 108 Å². The van der Waals surface area contributed by atoms with E-state index in [4.69, 9.17) is 50.3 Å². The van der Waals surface area contributed by atoms with Crippen LogP contribution in [0.4, 0.5) is 52.7 Å². The van der Waals surface area contributed by atoms with Gasteiger partial charge in [0.15, 0.2) is 98.1 Å². The lowest BCUT2D eigenvalue weighted by Gasteiger charge is -2.14. The molecule has 7 rings (SSSR count). The summed E-state index contributed by atoms with van der Waals surface area (Å²) in [5.41, 5.74) is 6.18. The molecule has 0 aliphatic carbocycles. The molecular weight excluding hydrogens is 1360 g/mol. The third-order valence-electron chi connectivity index (χ3n) is 12.1. The Labute approximate surface area is 559 Å². The van der Waals surface area contributed by atoms with E-state index in [1.165, 1.54) is 136 Å². The van der Waals surface area contributed by atoms with Crippen LogP contribution in [0, 0.1) is 69.8 Å². The van der Waals surface area contributed by atoms with Crippen molar-refractivity contribution >= 4 is 40.8 Å². The topological polar surface area (TPSA) is 236 Å². The first-order valence-corrected chi connectivity index (χ1v) is 27.9. The van der Waals surface area contributed by atoms with Gasteiger partial charge in [0, 0.05) is 11.1 Å². The number of hydrogen-bond acceptors (Lipinski definition) is 17. The molecular formula is C66H67ClF12N2O17. The average Bonchev–Trinajstić information content (AvgIpc) is 0.801. The summed E-state index contributed by atoms with van der Waals surface area (Å²) < 4.78 is 226. The Kier molecular flexibility index (Phi) is 36.1. The van der Waals surface area contributed by atoms with Crippen LogP contribution in [0.3, 0.4) is 0 Å². The number of hydrogen-bond donors (Lipinski definition) is 1. The maximum Gasteiger partial charge on any atom is 0.337 e. The molecule has 0 aromatic heterocycles. The van der Waals surface area contributed by atoms with E-state index in [1.807, 2.05) is 13.8 Å². The van der Waals surface area contributed by atoms with Crippen LogP contribution >= 0.6 is 11.6 Å². The first-order chi connectivity index (χ1) is 45.7. The minimum Gasteiger partial charge on any atom is -0.504 e. The summed E-state index contributed by atoms with van der Waals surface area (Å²) in [6.45, 7) is 5.17. The van der Waals surface area contributed by atoms with Crippen LogP contribution in [0.25, 0.3) is 5.53 Å². The van der Waals surface area contributed by atoms with E-state index in [0.717, 1.165) is 0 Å². The number of Topliss-reactive ketones (excluding diaryl/α,β-unsaturated/α-hetero) is 1. The minimum absolute atomic E-state index is 0. The molecule has 0 aliphatic rings. The monoisotopic (exact) mass is 1420 g/mol. The minimum atomic E-state index is -1.67. The number of ether oxygens (including phenoxy) is 12. The molecule has 0 radical (unpaired) electrons. The zero-order chi connectivity index (χ0) is 72.3. The van der Waals surface area contributed by atoms with Gasteiger partial charge in [-0.1, -0.05) is 28.7 Å². The lowest BCUT2D eigenvalue weighted by atomic mass is 10.1. The molecule has 7 aromatic rings. The highest BCUT2D eigenvalue weighted by atomic mass is 35.5. The Morgan fingerprint density at radius 1 is 0.408 bits per heavy atom. The van der Waals surface area contributed by atoms with Crippen LogP contribution in [0.5, 0.6) is 63.2 Å². The number of phenols is 1. The number of carbonyl (C=O) groups is 4. The third-order valence-corrected chi connectivity index (χ3v) is 12.3. The SMILES string of the molecule is C.C.CC.CCOc1c(F)c(F)c(COc2ccc(C(=O)C=[N+]=[N-])cc2OC)c(F)c1F.CCOc1c(F)c(F)c(COc2ccc(C(=O)Cl)cc2OC)c(F)c1F.CCOc1c(F)c(F)c(COc2ccc(C(=O)OC)cc2OC)c(F)c1F.COC(=O)c1ccc(O)c(OC)c1. The number of ketones is 1. The molecule has 0 saturated carbocycles. The Balaban J connectivity index is 0.000000660. The summed E-state index contributed by atoms with van der Waals surface area (Å²) in [6.07, 6.45) is 0.658. The highest BCUT2D eigenvalue weighted by Crippen LogP contribution is 2.37. The number of aromatic hydroxyl groups is 1. The van der Waals surface area contributed by atoms with Crippen molar-refractivity contribution in [2.45, 2.75) is 69.3 Å². The quantitative estimate of drug-likeness (QED) is 0.00865. The van der Waals surface area contributed by atoms with Gasteiger partial charge in [0.2, 0.25) is 34.9 Å². The predicted octanol–water partition coefficient (Wildman–Crippen LogP) is 15.8. The van der Waals surface area contributed by atoms with Gasteiger partial charge in [-0.25, -0.2) is 35.9 Å². The fourth-order valence-electron chi connectivity index (χ4n) is 7.54. The molecule has 534 valence electrons. The molecule has 7 aromatic carbocycles. The summed E-state index contributed by atoms with van der Waals surface area (Å²) in [5, 5.41) is 8.46. The van der Waals surface area contributed by atoms with Gasteiger partial charge in [0.05, 0.1) is 90.3 Å². The Morgan fingerprint density at radius 2 is 0.673 bits per heavy atom. The van der Waals surface area contributed by atoms with Crippen molar-refractivity contribution in [2.24, 2.45) is 0 Å². The van der Waals surface area contributed by atoms with Crippen molar-refractivity contribution < 1.29 is 139 Å². The van der Waals surface area contributed by atoms with Crippen LogP contribution in [0.15, 0.2) is 72.8 Å². The maximum absolute atomic E-state index is 14.1. The standard InChI is InChI=1S/C18H14F4N2O4.C18H16F4O5.C17H13ClF4O4.C9H10O4.C2H6.2CH4/c1-3-27-18-16(21)14(19)10(15(20)17(18)22)8-28-12-5-4-9(6-13(12)26-2)11(25)7-24-23;1-4-26-17-15(21)13(19)10(14(20)16(17)22)8-27-11-6-5-9(18(23)25-3)7-12(11)24-2;1-3-25-16-14(21)12(19)9(13(20)15(16)22)7-26-10-5-4-8(17(18)23)6-11(10)24-2;1-12-8-5-6(9(11)13-2)3-4-7(8)10;1-2;;/h4-7H,3,8H2,1-2H3;5-7H,4,8H2,1-3H3;4-6H,3,7H2,1-2H3;3-5,10H,1-2H3;1-2H3;2*1H4. The molecule has 0 bridgehead atoms. The molecule has 0 saturated heterocycles. The molecule has 98 heavy (non-hydrogen) atoms. The number of phenolic OH excluding ortho intramolecular Hbond substituents is 1. The summed E-state index contributed by atoms with van der Waals surface area (Å²) >= 11 is 5.34. The van der Waals surface area contributed by atoms with E-state index >= 15 is 0 Å². The summed E-state index contributed by atoms with van der Waals surface area (Å²) in [4.78, 5) is 47.9. The van der Waals surface area contributed by atoms with Gasteiger partial charge in [0.1, 0.15) is 19.8 Å². The number of rotatable bonds is 24. The zero-order valence-electron chi connectivity index (χ0n) is 52.5. The van der Waals surface area contributed by atoms with Crippen molar-refractivity contribution in [2.75, 3.05) is 62.5 Å². The van der Waals surface area contributed by atoms with E-state index < -0.39 is 147 Å². The van der Waals surface area contributed by atoms with Crippen molar-refractivity contribution in [1.82, 2.24) is 0 Å². The molecule has 0 heterocycles. The van der Waals surface area contributed by atoms with Crippen molar-refractivity contribution in [3.63, 3.8) is 0 Å². The van der Waals surface area contributed by atoms with Gasteiger partial charge < -0.3 is 67.5 Å². The molecule has 0 aliphatic heterocycles. The van der Waals surface area contributed by atoms with Crippen molar-refractivity contribution in [1.29, 1.82) is 0 Å². The Bertz CT molecular complexity index is 3870. The highest BCUT2D eigenvalue weighted by molar-refractivity contribution is 6.67. The molecule has 0 fully saturated rings. The normalized spacial score (nSPS) is 9.92. The number of carbonyl (C=O) groups excluding carboxylic acids is 4. The van der Waals surface area contributed by atoms with Gasteiger partial charge >= 0.3 is 18.2 Å². The van der Waals surface area contributed by atoms with Crippen molar-refractivity contribution in [3.05, 3.63) is 187 Å². The van der Waals surface area contributed by atoms with Crippen molar-refractivity contribution in [3.8, 4) is 63.2 Å². The summed E-state index contributed by atoms with van der Waals surface area (Å²) in [6, 6.07) is 15.7. The largest absolute Gasteiger partial charge is 0.504 e. The van der Waals surface area contributed by atoms with E-state index in [-0.39, 0.29) is 97.4 Å². The first kappa shape index (κ1) is 85.5. The van der Waals surface area contributed by atoms with Gasteiger partial charge in [-0.05, 0) is 105 Å². The maximum atomic E-state index is 14.1.